The Bertz CT molecular complexity index is 297. The maximum atomic E-state index is 11.0. The van der Waals surface area contributed by atoms with Gasteiger partial charge < -0.3 is 10.5 Å². The van der Waals surface area contributed by atoms with Crippen molar-refractivity contribution in [2.75, 3.05) is 18.6 Å². The summed E-state index contributed by atoms with van der Waals surface area (Å²) in [7, 11) is -2.84. The molecule has 0 bridgehead atoms. The van der Waals surface area contributed by atoms with Gasteiger partial charge >= 0.3 is 0 Å². The smallest absolute Gasteiger partial charge is 0.147 e. The van der Waals surface area contributed by atoms with Crippen LogP contribution in [0.1, 0.15) is 44.9 Å². The van der Waals surface area contributed by atoms with Crippen molar-refractivity contribution in [2.24, 2.45) is 5.73 Å². The minimum absolute atomic E-state index is 0.113. The molecule has 1 fully saturated rings. The third kappa shape index (κ3) is 7.73. The standard InChI is InChI=1S/C12H25NO3S/c1-17(14,15)10-4-5-11(13)7-8-12-6-2-3-9-16-12/h11-12H,2-10,13H2,1H3. The third-order valence-electron chi connectivity index (χ3n) is 3.22. The number of ether oxygens (including phenoxy) is 1. The summed E-state index contributed by atoms with van der Waals surface area (Å²) in [4.78, 5) is 0. The first kappa shape index (κ1) is 14.9. The first-order valence-electron chi connectivity index (χ1n) is 6.52. The first-order valence-corrected chi connectivity index (χ1v) is 8.58. The van der Waals surface area contributed by atoms with Crippen molar-refractivity contribution in [3.63, 3.8) is 0 Å². The Labute approximate surface area is 105 Å². The lowest BCUT2D eigenvalue weighted by atomic mass is 10.00. The molecule has 2 N–H and O–H groups in total. The molecule has 0 aromatic rings. The Kier molecular flexibility index (Phi) is 6.44. The van der Waals surface area contributed by atoms with Crippen molar-refractivity contribution in [3.8, 4) is 0 Å². The minimum Gasteiger partial charge on any atom is -0.378 e. The molecule has 5 heteroatoms. The Balaban J connectivity index is 2.06. The molecule has 0 saturated carbocycles. The van der Waals surface area contributed by atoms with E-state index in [2.05, 4.69) is 0 Å². The second-order valence-corrected chi connectivity index (χ2v) is 7.36. The second-order valence-electron chi connectivity index (χ2n) is 5.10. The van der Waals surface area contributed by atoms with E-state index in [4.69, 9.17) is 10.5 Å². The average molecular weight is 263 g/mol. The molecule has 0 amide bonds. The van der Waals surface area contributed by atoms with Gasteiger partial charge in [0.05, 0.1) is 6.10 Å². The van der Waals surface area contributed by atoms with Crippen LogP contribution in [0.3, 0.4) is 0 Å². The summed E-state index contributed by atoms with van der Waals surface area (Å²) < 4.78 is 27.5. The van der Waals surface area contributed by atoms with E-state index in [1.54, 1.807) is 0 Å². The van der Waals surface area contributed by atoms with Gasteiger partial charge in [0, 0.05) is 24.7 Å². The summed E-state index contributed by atoms with van der Waals surface area (Å²) in [6.45, 7) is 0.883. The summed E-state index contributed by atoms with van der Waals surface area (Å²) in [5, 5.41) is 0. The summed E-state index contributed by atoms with van der Waals surface area (Å²) in [5.74, 6) is 0.251. The third-order valence-corrected chi connectivity index (χ3v) is 4.25. The van der Waals surface area contributed by atoms with E-state index in [1.165, 1.54) is 19.1 Å². The summed E-state index contributed by atoms with van der Waals surface area (Å²) >= 11 is 0. The Morgan fingerprint density at radius 2 is 2.12 bits per heavy atom. The lowest BCUT2D eigenvalue weighted by Crippen LogP contribution is -2.25. The molecule has 1 saturated heterocycles. The summed E-state index contributed by atoms with van der Waals surface area (Å²) in [6.07, 6.45) is 8.65. The van der Waals surface area contributed by atoms with Gasteiger partial charge in [0.15, 0.2) is 0 Å². The average Bonchev–Trinajstić information content (AvgIpc) is 2.26. The van der Waals surface area contributed by atoms with E-state index in [-0.39, 0.29) is 11.8 Å². The monoisotopic (exact) mass is 263 g/mol. The number of rotatable bonds is 7. The highest BCUT2D eigenvalue weighted by Crippen LogP contribution is 2.18. The molecule has 1 heterocycles. The van der Waals surface area contributed by atoms with Crippen LogP contribution >= 0.6 is 0 Å². The van der Waals surface area contributed by atoms with Crippen LogP contribution in [-0.4, -0.2) is 39.2 Å². The van der Waals surface area contributed by atoms with Crippen molar-refractivity contribution >= 4 is 9.84 Å². The van der Waals surface area contributed by atoms with E-state index in [9.17, 15) is 8.42 Å². The van der Waals surface area contributed by atoms with Gasteiger partial charge in [0.1, 0.15) is 9.84 Å². The molecule has 2 atom stereocenters. The Morgan fingerprint density at radius 3 is 2.71 bits per heavy atom. The number of hydrogen-bond acceptors (Lipinski definition) is 4. The van der Waals surface area contributed by atoms with Crippen LogP contribution in [0.4, 0.5) is 0 Å². The SMILES string of the molecule is CS(=O)(=O)CCCC(N)CCC1CCCCO1. The fourth-order valence-electron chi connectivity index (χ4n) is 2.19. The van der Waals surface area contributed by atoms with Gasteiger partial charge in [-0.15, -0.1) is 0 Å². The van der Waals surface area contributed by atoms with Crippen molar-refractivity contribution in [2.45, 2.75) is 57.1 Å². The topological polar surface area (TPSA) is 69.4 Å². The molecule has 1 aliphatic heterocycles. The van der Waals surface area contributed by atoms with Crippen molar-refractivity contribution < 1.29 is 13.2 Å². The minimum atomic E-state index is -2.84. The van der Waals surface area contributed by atoms with Crippen molar-refractivity contribution in [1.29, 1.82) is 0 Å². The zero-order valence-corrected chi connectivity index (χ0v) is 11.5. The highest BCUT2D eigenvalue weighted by Gasteiger charge is 2.15. The number of nitrogens with two attached hydrogens (primary N) is 1. The molecule has 1 rings (SSSR count). The van der Waals surface area contributed by atoms with Gasteiger partial charge in [0.2, 0.25) is 0 Å². The van der Waals surface area contributed by atoms with Gasteiger partial charge in [-0.3, -0.25) is 0 Å². The second kappa shape index (κ2) is 7.34. The van der Waals surface area contributed by atoms with Crippen LogP contribution in [0.15, 0.2) is 0 Å². The fourth-order valence-corrected chi connectivity index (χ4v) is 2.88. The van der Waals surface area contributed by atoms with Crippen LogP contribution in [-0.2, 0) is 14.6 Å². The molecule has 0 aromatic carbocycles. The van der Waals surface area contributed by atoms with Crippen LogP contribution in [0.2, 0.25) is 0 Å². The highest BCUT2D eigenvalue weighted by molar-refractivity contribution is 7.90. The predicted octanol–water partition coefficient (Wildman–Crippen LogP) is 1.49. The molecule has 102 valence electrons. The van der Waals surface area contributed by atoms with E-state index in [1.807, 2.05) is 0 Å². The molecule has 0 radical (unpaired) electrons. The molecular weight excluding hydrogens is 238 g/mol. The normalized spacial score (nSPS) is 23.5. The molecule has 0 aromatic heterocycles. The van der Waals surface area contributed by atoms with E-state index in [0.717, 1.165) is 32.3 Å². The molecule has 4 nitrogen and oxygen atoms in total. The maximum Gasteiger partial charge on any atom is 0.147 e. The molecule has 1 aliphatic rings. The Morgan fingerprint density at radius 1 is 1.35 bits per heavy atom. The van der Waals surface area contributed by atoms with Gasteiger partial charge in [-0.1, -0.05) is 0 Å². The quantitative estimate of drug-likeness (QED) is 0.755. The fraction of sp³-hybridized carbons (Fsp3) is 1.00. The molecule has 0 aliphatic carbocycles. The first-order chi connectivity index (χ1) is 7.97. The maximum absolute atomic E-state index is 11.0. The van der Waals surface area contributed by atoms with Gasteiger partial charge in [-0.05, 0) is 44.9 Å². The number of sulfone groups is 1. The van der Waals surface area contributed by atoms with E-state index in [0.29, 0.717) is 12.5 Å². The lowest BCUT2D eigenvalue weighted by Gasteiger charge is -2.23. The van der Waals surface area contributed by atoms with E-state index < -0.39 is 9.84 Å². The molecule has 0 spiro atoms. The lowest BCUT2D eigenvalue weighted by molar-refractivity contribution is 0.00903. The zero-order valence-electron chi connectivity index (χ0n) is 10.7. The number of hydrogen-bond donors (Lipinski definition) is 1. The highest BCUT2D eigenvalue weighted by atomic mass is 32.2. The van der Waals surface area contributed by atoms with E-state index >= 15 is 0 Å². The van der Waals surface area contributed by atoms with Gasteiger partial charge in [-0.2, -0.15) is 0 Å². The van der Waals surface area contributed by atoms with Crippen LogP contribution in [0.5, 0.6) is 0 Å². The zero-order chi connectivity index (χ0) is 12.7. The predicted molar refractivity (Wildman–Crippen MR) is 69.7 cm³/mol. The largest absolute Gasteiger partial charge is 0.378 e. The molecule has 17 heavy (non-hydrogen) atoms. The Hall–Kier alpha value is -0.130. The van der Waals surface area contributed by atoms with Gasteiger partial charge in [-0.25, -0.2) is 8.42 Å². The molecular formula is C12H25NO3S. The van der Waals surface area contributed by atoms with Crippen LogP contribution in [0.25, 0.3) is 0 Å². The summed E-state index contributed by atoms with van der Waals surface area (Å²) in [5.41, 5.74) is 5.97. The van der Waals surface area contributed by atoms with Crippen molar-refractivity contribution in [1.82, 2.24) is 0 Å². The van der Waals surface area contributed by atoms with Crippen LogP contribution in [0, 0.1) is 0 Å². The summed E-state index contributed by atoms with van der Waals surface area (Å²) in [6, 6.07) is 0.113. The van der Waals surface area contributed by atoms with Gasteiger partial charge in [0.25, 0.3) is 0 Å². The molecule has 2 unspecified atom stereocenters. The van der Waals surface area contributed by atoms with Crippen LogP contribution < -0.4 is 5.73 Å². The van der Waals surface area contributed by atoms with Crippen molar-refractivity contribution in [3.05, 3.63) is 0 Å².